The molecule has 3 fully saturated rings. The molecule has 3 aliphatic heterocycles. The Morgan fingerprint density at radius 3 is 2.12 bits per heavy atom. The molecule has 1 atom stereocenters. The zero-order valence-electron chi connectivity index (χ0n) is 20.8. The monoisotopic (exact) mass is 455 g/mol. The van der Waals surface area contributed by atoms with Crippen molar-refractivity contribution in [3.8, 4) is 0 Å². The number of piperidine rings is 2. The Labute approximate surface area is 198 Å². The number of amides is 1. The zero-order chi connectivity index (χ0) is 23.8. The highest BCUT2D eigenvalue weighted by atomic mass is 16.4. The molecule has 1 aromatic carbocycles. The third-order valence-electron chi connectivity index (χ3n) is 8.10. The maximum absolute atomic E-state index is 13.2. The Balaban J connectivity index is 1.38. The van der Waals surface area contributed by atoms with Gasteiger partial charge in [-0.15, -0.1) is 0 Å². The maximum atomic E-state index is 13.2. The van der Waals surface area contributed by atoms with Crippen LogP contribution in [-0.4, -0.2) is 71.6 Å². The van der Waals surface area contributed by atoms with Gasteiger partial charge in [0.1, 0.15) is 0 Å². The molecule has 3 saturated heterocycles. The van der Waals surface area contributed by atoms with E-state index in [9.17, 15) is 14.7 Å². The summed E-state index contributed by atoms with van der Waals surface area (Å²) in [5.41, 5.74) is 4.02. The molecular weight excluding hydrogens is 414 g/mol. The fourth-order valence-corrected chi connectivity index (χ4v) is 5.88. The number of benzene rings is 1. The van der Waals surface area contributed by atoms with Crippen LogP contribution in [-0.2, 0) is 9.59 Å². The van der Waals surface area contributed by atoms with E-state index in [2.05, 4.69) is 60.6 Å². The van der Waals surface area contributed by atoms with E-state index in [1.807, 2.05) is 0 Å². The van der Waals surface area contributed by atoms with Gasteiger partial charge in [-0.05, 0) is 89.5 Å². The summed E-state index contributed by atoms with van der Waals surface area (Å²) in [6, 6.07) is 6.74. The minimum atomic E-state index is -0.663. The van der Waals surface area contributed by atoms with Crippen molar-refractivity contribution in [3.63, 3.8) is 0 Å². The van der Waals surface area contributed by atoms with E-state index in [1.165, 1.54) is 16.8 Å². The molecule has 182 valence electrons. The molecule has 3 heterocycles. The molecule has 0 radical (unpaired) electrons. The van der Waals surface area contributed by atoms with Gasteiger partial charge in [0.15, 0.2) is 0 Å². The van der Waals surface area contributed by atoms with Crippen molar-refractivity contribution in [3.05, 3.63) is 29.3 Å². The number of nitrogens with zero attached hydrogens (tertiary/aromatic N) is 3. The smallest absolute Gasteiger partial charge is 0.306 e. The largest absolute Gasteiger partial charge is 0.481 e. The predicted molar refractivity (Wildman–Crippen MR) is 132 cm³/mol. The van der Waals surface area contributed by atoms with Crippen LogP contribution in [0, 0.1) is 18.8 Å². The first-order valence-corrected chi connectivity index (χ1v) is 12.8. The van der Waals surface area contributed by atoms with Gasteiger partial charge in [0.05, 0.1) is 11.8 Å². The average molecular weight is 456 g/mol. The molecule has 0 bridgehead atoms. The summed E-state index contributed by atoms with van der Waals surface area (Å²) in [7, 11) is 0. The second-order valence-corrected chi connectivity index (χ2v) is 11.4. The third-order valence-corrected chi connectivity index (χ3v) is 8.10. The van der Waals surface area contributed by atoms with Crippen molar-refractivity contribution in [2.24, 2.45) is 11.8 Å². The molecule has 6 heteroatoms. The van der Waals surface area contributed by atoms with Crippen LogP contribution in [0.5, 0.6) is 0 Å². The minimum absolute atomic E-state index is 0.128. The SMILES string of the molecule is Cc1ccc(C2CCN(C(=O)C3CCN(C(C)(C)C)C3)CC2)c(N2CCC(C(=O)O)CC2)c1. The topological polar surface area (TPSA) is 64.1 Å². The van der Waals surface area contributed by atoms with Crippen LogP contribution < -0.4 is 4.90 Å². The van der Waals surface area contributed by atoms with Gasteiger partial charge in [-0.2, -0.15) is 0 Å². The standard InChI is InChI=1S/C27H41N3O3/c1-19-5-6-23(24(17-19)28-12-9-21(10-13-28)26(32)33)20-7-14-29(15-8-20)25(31)22-11-16-30(18-22)27(2,3)4/h5-6,17,20-22H,7-16,18H2,1-4H3,(H,32,33). The van der Waals surface area contributed by atoms with Crippen molar-refractivity contribution in [1.82, 2.24) is 9.80 Å². The number of carbonyl (C=O) groups is 2. The highest BCUT2D eigenvalue weighted by molar-refractivity contribution is 5.79. The molecule has 0 spiro atoms. The van der Waals surface area contributed by atoms with Gasteiger partial charge >= 0.3 is 5.97 Å². The average Bonchev–Trinajstić information content (AvgIpc) is 3.30. The van der Waals surface area contributed by atoms with Crippen molar-refractivity contribution in [2.75, 3.05) is 44.2 Å². The highest BCUT2D eigenvalue weighted by Crippen LogP contribution is 2.37. The van der Waals surface area contributed by atoms with Crippen LogP contribution in [0.25, 0.3) is 0 Å². The van der Waals surface area contributed by atoms with Crippen LogP contribution in [0.4, 0.5) is 5.69 Å². The number of aliphatic carboxylic acids is 1. The Morgan fingerprint density at radius 2 is 1.55 bits per heavy atom. The Bertz CT molecular complexity index is 862. The first-order valence-electron chi connectivity index (χ1n) is 12.8. The Kier molecular flexibility index (Phi) is 7.04. The summed E-state index contributed by atoms with van der Waals surface area (Å²) >= 11 is 0. The normalized spacial score (nSPS) is 23.8. The molecule has 33 heavy (non-hydrogen) atoms. The molecule has 1 amide bonds. The van der Waals surface area contributed by atoms with Gasteiger partial charge in [-0.25, -0.2) is 0 Å². The lowest BCUT2D eigenvalue weighted by Gasteiger charge is -2.38. The van der Waals surface area contributed by atoms with Crippen LogP contribution in [0.1, 0.15) is 69.9 Å². The second kappa shape index (κ2) is 9.65. The first-order chi connectivity index (χ1) is 15.6. The van der Waals surface area contributed by atoms with Gasteiger partial charge in [0.25, 0.3) is 0 Å². The van der Waals surface area contributed by atoms with Gasteiger partial charge in [0.2, 0.25) is 5.91 Å². The maximum Gasteiger partial charge on any atom is 0.306 e. The van der Waals surface area contributed by atoms with E-state index < -0.39 is 5.97 Å². The molecule has 1 aromatic rings. The number of aryl methyl sites for hydroxylation is 1. The van der Waals surface area contributed by atoms with E-state index in [4.69, 9.17) is 0 Å². The Morgan fingerprint density at radius 1 is 0.909 bits per heavy atom. The summed E-state index contributed by atoms with van der Waals surface area (Å²) in [5, 5.41) is 9.35. The number of rotatable bonds is 4. The summed E-state index contributed by atoms with van der Waals surface area (Å²) in [6.07, 6.45) is 4.40. The van der Waals surface area contributed by atoms with E-state index in [0.29, 0.717) is 24.7 Å². The van der Waals surface area contributed by atoms with Crippen LogP contribution in [0.3, 0.4) is 0 Å². The molecule has 0 aromatic heterocycles. The van der Waals surface area contributed by atoms with Crippen molar-refractivity contribution in [1.29, 1.82) is 0 Å². The van der Waals surface area contributed by atoms with Crippen molar-refractivity contribution >= 4 is 17.6 Å². The lowest BCUT2D eigenvalue weighted by molar-refractivity contribution is -0.142. The van der Waals surface area contributed by atoms with Gasteiger partial charge in [-0.3, -0.25) is 14.5 Å². The summed E-state index contributed by atoms with van der Waals surface area (Å²) in [5.74, 6) is 0.0698. The van der Waals surface area contributed by atoms with E-state index in [1.54, 1.807) is 0 Å². The van der Waals surface area contributed by atoms with Crippen LogP contribution in [0.2, 0.25) is 0 Å². The van der Waals surface area contributed by atoms with Crippen LogP contribution in [0.15, 0.2) is 18.2 Å². The van der Waals surface area contributed by atoms with Crippen molar-refractivity contribution in [2.45, 2.75) is 71.3 Å². The van der Waals surface area contributed by atoms with E-state index >= 15 is 0 Å². The summed E-state index contributed by atoms with van der Waals surface area (Å²) < 4.78 is 0. The minimum Gasteiger partial charge on any atom is -0.481 e. The lowest BCUT2D eigenvalue weighted by Crippen LogP contribution is -2.44. The Hall–Kier alpha value is -2.08. The molecule has 1 unspecified atom stereocenters. The van der Waals surface area contributed by atoms with Gasteiger partial charge in [0, 0.05) is 44.0 Å². The molecule has 4 rings (SSSR count). The number of carboxylic acids is 1. The molecule has 3 aliphatic rings. The first kappa shape index (κ1) is 24.1. The molecular formula is C27H41N3O3. The summed E-state index contributed by atoms with van der Waals surface area (Å²) in [6.45, 7) is 14.0. The number of carboxylic acid groups (broad SMARTS) is 1. The van der Waals surface area contributed by atoms with Gasteiger partial charge in [-0.1, -0.05) is 12.1 Å². The molecule has 6 nitrogen and oxygen atoms in total. The highest BCUT2D eigenvalue weighted by Gasteiger charge is 2.37. The molecule has 0 aliphatic carbocycles. The fourth-order valence-electron chi connectivity index (χ4n) is 5.88. The van der Waals surface area contributed by atoms with E-state index in [-0.39, 0.29) is 17.4 Å². The number of likely N-dealkylation sites (tertiary alicyclic amines) is 2. The fraction of sp³-hybridized carbons (Fsp3) is 0.704. The van der Waals surface area contributed by atoms with Crippen LogP contribution >= 0.6 is 0 Å². The molecule has 0 saturated carbocycles. The quantitative estimate of drug-likeness (QED) is 0.740. The number of anilines is 1. The lowest BCUT2D eigenvalue weighted by atomic mass is 9.86. The van der Waals surface area contributed by atoms with E-state index in [0.717, 1.165) is 58.5 Å². The number of hydrogen-bond donors (Lipinski definition) is 1. The number of carbonyl (C=O) groups excluding carboxylic acids is 1. The number of hydrogen-bond acceptors (Lipinski definition) is 4. The predicted octanol–water partition coefficient (Wildman–Crippen LogP) is 4.12. The second-order valence-electron chi connectivity index (χ2n) is 11.4. The zero-order valence-corrected chi connectivity index (χ0v) is 20.8. The summed E-state index contributed by atoms with van der Waals surface area (Å²) in [4.78, 5) is 31.5. The third kappa shape index (κ3) is 5.37. The molecule has 1 N–H and O–H groups in total. The van der Waals surface area contributed by atoms with Gasteiger partial charge < -0.3 is 14.9 Å². The van der Waals surface area contributed by atoms with Crippen molar-refractivity contribution < 1.29 is 14.7 Å².